The molecule has 0 atom stereocenters. The molecule has 0 saturated heterocycles. The lowest BCUT2D eigenvalue weighted by Gasteiger charge is -2.09. The summed E-state index contributed by atoms with van der Waals surface area (Å²) in [6.07, 6.45) is 5.52. The Morgan fingerprint density at radius 1 is 0.727 bits per heavy atom. The molecule has 0 radical (unpaired) electrons. The minimum Gasteiger partial charge on any atom is -0.236 e. The summed E-state index contributed by atoms with van der Waals surface area (Å²) >= 11 is 1.61. The number of hydrogen-bond donors (Lipinski definition) is 0. The zero-order valence-electron chi connectivity index (χ0n) is 18.0. The second-order valence-electron chi connectivity index (χ2n) is 7.52. The fourth-order valence-electron chi connectivity index (χ4n) is 3.55. The lowest BCUT2D eigenvalue weighted by molar-refractivity contribution is 1.18. The van der Waals surface area contributed by atoms with Crippen molar-refractivity contribution in [2.24, 2.45) is 0 Å². The smallest absolute Gasteiger partial charge is 0.160 e. The van der Waals surface area contributed by atoms with Gasteiger partial charge < -0.3 is 0 Å². The molecule has 3 aromatic carbocycles. The zero-order valence-corrected chi connectivity index (χ0v) is 18.8. The number of hydrogen-bond acceptors (Lipinski definition) is 4. The molecule has 2 aromatic heterocycles. The summed E-state index contributed by atoms with van der Waals surface area (Å²) in [5.41, 5.74) is 6.68. The van der Waals surface area contributed by atoms with E-state index >= 15 is 0 Å². The van der Waals surface area contributed by atoms with Gasteiger partial charge in [0.2, 0.25) is 0 Å². The minimum atomic E-state index is 0.692. The standard InChI is InChI=1S/C29H21N3S/c1-3-4-11-20(2)29-32-24-17-16-23(18-27(24)33-29)28-30-25(21-12-7-5-8-13-21)19-26(31-28)22-14-9-6-10-15-22/h3-19H,1-2H2/b11-4-. The summed E-state index contributed by atoms with van der Waals surface area (Å²) in [6.45, 7) is 7.83. The molecule has 0 saturated carbocycles. The average Bonchev–Trinajstić information content (AvgIpc) is 3.32. The van der Waals surface area contributed by atoms with E-state index < -0.39 is 0 Å². The highest BCUT2D eigenvalue weighted by Crippen LogP contribution is 2.32. The van der Waals surface area contributed by atoms with Crippen molar-refractivity contribution in [3.8, 4) is 33.9 Å². The second kappa shape index (κ2) is 9.15. The van der Waals surface area contributed by atoms with Gasteiger partial charge in [-0.1, -0.05) is 92.0 Å². The minimum absolute atomic E-state index is 0.692. The molecule has 33 heavy (non-hydrogen) atoms. The van der Waals surface area contributed by atoms with Gasteiger partial charge in [-0.2, -0.15) is 0 Å². The molecular weight excluding hydrogens is 422 g/mol. The van der Waals surface area contributed by atoms with Gasteiger partial charge >= 0.3 is 0 Å². The normalized spacial score (nSPS) is 11.2. The van der Waals surface area contributed by atoms with E-state index in [-0.39, 0.29) is 0 Å². The van der Waals surface area contributed by atoms with E-state index in [0.717, 1.165) is 48.9 Å². The van der Waals surface area contributed by atoms with Crippen molar-refractivity contribution in [3.63, 3.8) is 0 Å². The van der Waals surface area contributed by atoms with Crippen LogP contribution in [0.4, 0.5) is 0 Å². The number of fused-ring (bicyclic) bond motifs is 1. The maximum atomic E-state index is 4.92. The average molecular weight is 444 g/mol. The summed E-state index contributed by atoms with van der Waals surface area (Å²) in [5, 5.41) is 0.893. The quantitative estimate of drug-likeness (QED) is 0.251. The van der Waals surface area contributed by atoms with E-state index in [2.05, 4.69) is 43.5 Å². The van der Waals surface area contributed by atoms with Gasteiger partial charge in [0.25, 0.3) is 0 Å². The first kappa shape index (κ1) is 20.7. The van der Waals surface area contributed by atoms with Crippen molar-refractivity contribution in [1.29, 1.82) is 0 Å². The predicted octanol–water partition coefficient (Wildman–Crippen LogP) is 7.84. The van der Waals surface area contributed by atoms with Crippen molar-refractivity contribution in [2.45, 2.75) is 0 Å². The van der Waals surface area contributed by atoms with Crippen LogP contribution in [0.2, 0.25) is 0 Å². The van der Waals surface area contributed by atoms with Crippen molar-refractivity contribution in [3.05, 3.63) is 121 Å². The van der Waals surface area contributed by atoms with E-state index in [1.54, 1.807) is 17.4 Å². The predicted molar refractivity (Wildman–Crippen MR) is 140 cm³/mol. The molecule has 0 unspecified atom stereocenters. The largest absolute Gasteiger partial charge is 0.236 e. The van der Waals surface area contributed by atoms with Crippen LogP contribution in [0.25, 0.3) is 49.7 Å². The van der Waals surface area contributed by atoms with Crippen LogP contribution in [-0.4, -0.2) is 15.0 Å². The molecule has 158 valence electrons. The van der Waals surface area contributed by atoms with Gasteiger partial charge in [-0.3, -0.25) is 0 Å². The Labute approximate surface area is 197 Å². The van der Waals surface area contributed by atoms with Crippen LogP contribution in [0.5, 0.6) is 0 Å². The maximum Gasteiger partial charge on any atom is 0.160 e. The van der Waals surface area contributed by atoms with Crippen molar-refractivity contribution >= 4 is 27.1 Å². The number of aromatic nitrogens is 3. The molecule has 3 nitrogen and oxygen atoms in total. The molecule has 0 aliphatic carbocycles. The summed E-state index contributed by atoms with van der Waals surface area (Å²) in [4.78, 5) is 14.6. The van der Waals surface area contributed by atoms with Crippen LogP contribution in [0, 0.1) is 0 Å². The Kier molecular flexibility index (Phi) is 5.75. The number of rotatable bonds is 6. The molecule has 4 heteroatoms. The van der Waals surface area contributed by atoms with E-state index in [9.17, 15) is 0 Å². The third-order valence-electron chi connectivity index (χ3n) is 5.22. The SMILES string of the molecule is C=C/C=C\C(=C)c1nc2ccc(-c3nc(-c4ccccc4)cc(-c4ccccc4)n3)cc2s1. The molecule has 5 aromatic rings. The summed E-state index contributed by atoms with van der Waals surface area (Å²) in [7, 11) is 0. The number of benzene rings is 3. The van der Waals surface area contributed by atoms with Gasteiger partial charge in [0.15, 0.2) is 5.82 Å². The second-order valence-corrected chi connectivity index (χ2v) is 8.55. The highest BCUT2D eigenvalue weighted by atomic mass is 32.1. The molecule has 0 fully saturated rings. The first-order valence-corrected chi connectivity index (χ1v) is 11.4. The van der Waals surface area contributed by atoms with E-state index in [1.807, 2.05) is 66.7 Å². The zero-order chi connectivity index (χ0) is 22.6. The highest BCUT2D eigenvalue weighted by molar-refractivity contribution is 7.19. The number of allylic oxidation sites excluding steroid dienone is 4. The first-order chi connectivity index (χ1) is 16.2. The van der Waals surface area contributed by atoms with Crippen LogP contribution >= 0.6 is 11.3 Å². The number of nitrogens with zero attached hydrogens (tertiary/aromatic N) is 3. The number of thiazole rings is 1. The van der Waals surface area contributed by atoms with E-state index in [4.69, 9.17) is 15.0 Å². The van der Waals surface area contributed by atoms with Gasteiger partial charge in [-0.25, -0.2) is 15.0 Å². The van der Waals surface area contributed by atoms with Crippen LogP contribution in [0.1, 0.15) is 5.01 Å². The van der Waals surface area contributed by atoms with Crippen LogP contribution < -0.4 is 0 Å². The summed E-state index contributed by atoms with van der Waals surface area (Å²) in [6, 6.07) is 28.6. The topological polar surface area (TPSA) is 38.7 Å². The summed E-state index contributed by atoms with van der Waals surface area (Å²) < 4.78 is 1.07. The van der Waals surface area contributed by atoms with Gasteiger partial charge in [0, 0.05) is 22.3 Å². The molecule has 2 heterocycles. The molecule has 0 N–H and O–H groups in total. The molecule has 5 rings (SSSR count). The Morgan fingerprint density at radius 3 is 1.97 bits per heavy atom. The third kappa shape index (κ3) is 4.43. The molecule has 0 amide bonds. The first-order valence-electron chi connectivity index (χ1n) is 10.6. The van der Waals surface area contributed by atoms with Crippen LogP contribution in [0.3, 0.4) is 0 Å². The fourth-order valence-corrected chi connectivity index (χ4v) is 4.50. The van der Waals surface area contributed by atoms with E-state index in [0.29, 0.717) is 5.82 Å². The van der Waals surface area contributed by atoms with Crippen LogP contribution in [0.15, 0.2) is 116 Å². The Morgan fingerprint density at radius 2 is 1.36 bits per heavy atom. The maximum absolute atomic E-state index is 4.92. The van der Waals surface area contributed by atoms with Crippen molar-refractivity contribution in [2.75, 3.05) is 0 Å². The molecule has 0 bridgehead atoms. The van der Waals surface area contributed by atoms with Gasteiger partial charge in [-0.15, -0.1) is 11.3 Å². The van der Waals surface area contributed by atoms with Crippen molar-refractivity contribution in [1.82, 2.24) is 15.0 Å². The van der Waals surface area contributed by atoms with Gasteiger partial charge in [0.1, 0.15) is 5.01 Å². The van der Waals surface area contributed by atoms with Gasteiger partial charge in [-0.05, 0) is 24.3 Å². The van der Waals surface area contributed by atoms with Crippen molar-refractivity contribution < 1.29 is 0 Å². The molecule has 0 aliphatic rings. The van der Waals surface area contributed by atoms with E-state index in [1.165, 1.54) is 0 Å². The Bertz CT molecular complexity index is 1420. The molecule has 0 spiro atoms. The Hall–Kier alpha value is -4.15. The van der Waals surface area contributed by atoms with Gasteiger partial charge in [0.05, 0.1) is 21.6 Å². The fraction of sp³-hybridized carbons (Fsp3) is 0. The molecule has 0 aliphatic heterocycles. The lowest BCUT2D eigenvalue weighted by atomic mass is 10.1. The monoisotopic (exact) mass is 443 g/mol. The lowest BCUT2D eigenvalue weighted by Crippen LogP contribution is -1.95. The molecular formula is C29H21N3S. The third-order valence-corrected chi connectivity index (χ3v) is 6.31. The highest BCUT2D eigenvalue weighted by Gasteiger charge is 2.12. The Balaban J connectivity index is 1.62. The van der Waals surface area contributed by atoms with Crippen LogP contribution in [-0.2, 0) is 0 Å². The summed E-state index contributed by atoms with van der Waals surface area (Å²) in [5.74, 6) is 0.692.